The highest BCUT2D eigenvalue weighted by molar-refractivity contribution is 7.14. The predicted molar refractivity (Wildman–Crippen MR) is 97.2 cm³/mol. The Hall–Kier alpha value is -3.67. The molecule has 4 N–H and O–H groups in total. The maximum Gasteiger partial charge on any atom is 0.268 e. The van der Waals surface area contributed by atoms with Gasteiger partial charge in [0.1, 0.15) is 33.9 Å². The summed E-state index contributed by atoms with van der Waals surface area (Å²) in [7, 11) is 0. The van der Waals surface area contributed by atoms with Gasteiger partial charge in [-0.2, -0.15) is 0 Å². The van der Waals surface area contributed by atoms with Crippen molar-refractivity contribution in [2.24, 2.45) is 0 Å². The second kappa shape index (κ2) is 8.14. The number of hydrogen-bond donors (Lipinski definition) is 4. The number of ketones is 1. The Labute approximate surface area is 164 Å². The Morgan fingerprint density at radius 1 is 1.17 bits per heavy atom. The van der Waals surface area contributed by atoms with Gasteiger partial charge >= 0.3 is 0 Å². The summed E-state index contributed by atoms with van der Waals surface area (Å²) < 4.78 is 40.5. The number of nitrogens with zero attached hydrogens (tertiary/aromatic N) is 2. The molecule has 0 aliphatic carbocycles. The van der Waals surface area contributed by atoms with Crippen LogP contribution in [0.3, 0.4) is 0 Å². The van der Waals surface area contributed by atoms with Crippen molar-refractivity contribution in [3.05, 3.63) is 68.7 Å². The Kier molecular flexibility index (Phi) is 5.64. The molecule has 0 aliphatic heterocycles. The minimum Gasteiger partial charge on any atom is -0.356 e. The molecule has 1 aromatic carbocycles. The van der Waals surface area contributed by atoms with Gasteiger partial charge in [-0.25, -0.2) is 13.2 Å². The van der Waals surface area contributed by atoms with Gasteiger partial charge in [0, 0.05) is 30.1 Å². The van der Waals surface area contributed by atoms with Crippen molar-refractivity contribution in [1.29, 1.82) is 10.8 Å². The van der Waals surface area contributed by atoms with E-state index in [9.17, 15) is 22.8 Å². The summed E-state index contributed by atoms with van der Waals surface area (Å²) in [5, 5.41) is 25.1. The Bertz CT molecular complexity index is 1120. The summed E-state index contributed by atoms with van der Waals surface area (Å²) in [6.45, 7) is -0.0225. The normalized spacial score (nSPS) is 10.6. The van der Waals surface area contributed by atoms with Gasteiger partial charge in [0.25, 0.3) is 5.91 Å². The highest BCUT2D eigenvalue weighted by atomic mass is 32.1. The number of benzene rings is 1. The molecule has 8 nitrogen and oxygen atoms in total. The van der Waals surface area contributed by atoms with Crippen LogP contribution in [0, 0.1) is 28.3 Å². The fourth-order valence-corrected chi connectivity index (χ4v) is 3.01. The first-order valence-electron chi connectivity index (χ1n) is 7.87. The molecule has 3 rings (SSSR count). The summed E-state index contributed by atoms with van der Waals surface area (Å²) in [5.41, 5.74) is -1.27. The van der Waals surface area contributed by atoms with E-state index in [1.165, 1.54) is 0 Å². The van der Waals surface area contributed by atoms with E-state index < -0.39 is 34.7 Å². The summed E-state index contributed by atoms with van der Waals surface area (Å²) in [4.78, 5) is 27.0. The SMILES string of the molecule is N=CC(=N)c1nnc(CNC(=O)c2cc(C(=O)c3c(F)cc(F)cc3F)c[nH]2)s1. The first-order chi connectivity index (χ1) is 13.8. The van der Waals surface area contributed by atoms with Crippen molar-refractivity contribution < 1.29 is 22.8 Å². The maximum atomic E-state index is 13.8. The van der Waals surface area contributed by atoms with Crippen LogP contribution in [0.2, 0.25) is 0 Å². The van der Waals surface area contributed by atoms with Crippen molar-refractivity contribution in [3.8, 4) is 0 Å². The van der Waals surface area contributed by atoms with E-state index in [4.69, 9.17) is 10.8 Å². The Morgan fingerprint density at radius 3 is 2.52 bits per heavy atom. The number of halogens is 3. The third-order valence-electron chi connectivity index (χ3n) is 3.67. The highest BCUT2D eigenvalue weighted by Crippen LogP contribution is 2.19. The minimum atomic E-state index is -1.35. The summed E-state index contributed by atoms with van der Waals surface area (Å²) >= 11 is 1.02. The van der Waals surface area contributed by atoms with Crippen LogP contribution in [0.4, 0.5) is 13.2 Å². The standard InChI is InChI=1S/C17H11F3N6O2S/c18-8-2-9(19)14(10(20)3-8)15(27)7-1-12(23-5-7)16(28)24-6-13-25-26-17(29-13)11(22)4-21/h1-5,21-23H,6H2,(H,24,28). The molecule has 2 heterocycles. The minimum absolute atomic E-state index is 0.0225. The first kappa shape index (κ1) is 20.1. The third-order valence-corrected chi connectivity index (χ3v) is 4.62. The molecule has 0 fully saturated rings. The molecule has 3 aromatic rings. The molecule has 0 aliphatic rings. The smallest absolute Gasteiger partial charge is 0.268 e. The lowest BCUT2D eigenvalue weighted by Gasteiger charge is -2.03. The molecule has 1 amide bonds. The second-order valence-electron chi connectivity index (χ2n) is 5.62. The number of carbonyl (C=O) groups is 2. The van der Waals surface area contributed by atoms with Gasteiger partial charge in [0.2, 0.25) is 0 Å². The molecule has 0 bridgehead atoms. The fourth-order valence-electron chi connectivity index (χ4n) is 2.31. The van der Waals surface area contributed by atoms with Crippen LogP contribution in [0.15, 0.2) is 24.4 Å². The van der Waals surface area contributed by atoms with Crippen molar-refractivity contribution in [2.75, 3.05) is 0 Å². The second-order valence-corrected chi connectivity index (χ2v) is 6.68. The molecule has 0 saturated carbocycles. The maximum absolute atomic E-state index is 13.8. The van der Waals surface area contributed by atoms with Crippen molar-refractivity contribution in [1.82, 2.24) is 20.5 Å². The van der Waals surface area contributed by atoms with Crippen molar-refractivity contribution in [2.45, 2.75) is 6.54 Å². The van der Waals surface area contributed by atoms with Gasteiger partial charge in [-0.05, 0) is 6.07 Å². The molecule has 0 atom stereocenters. The molecule has 0 unspecified atom stereocenters. The molecule has 2 aromatic heterocycles. The van der Waals surface area contributed by atoms with E-state index in [0.717, 1.165) is 29.8 Å². The number of aromatic amines is 1. The highest BCUT2D eigenvalue weighted by Gasteiger charge is 2.22. The van der Waals surface area contributed by atoms with Gasteiger partial charge in [-0.1, -0.05) is 11.3 Å². The quantitative estimate of drug-likeness (QED) is 0.345. The molecule has 0 saturated heterocycles. The lowest BCUT2D eigenvalue weighted by Crippen LogP contribution is -2.23. The number of aromatic nitrogens is 3. The molecule has 29 heavy (non-hydrogen) atoms. The number of hydrogen-bond acceptors (Lipinski definition) is 7. The van der Waals surface area contributed by atoms with Gasteiger partial charge in [0.05, 0.1) is 12.1 Å². The number of rotatable bonds is 7. The molecular weight excluding hydrogens is 409 g/mol. The molecular formula is C17H11F3N6O2S. The van der Waals surface area contributed by atoms with Crippen LogP contribution in [-0.2, 0) is 6.54 Å². The zero-order chi connectivity index (χ0) is 21.1. The number of H-pyrrole nitrogens is 1. The topological polar surface area (TPSA) is 135 Å². The molecule has 0 radical (unpaired) electrons. The van der Waals surface area contributed by atoms with Gasteiger partial charge in [0.15, 0.2) is 10.8 Å². The van der Waals surface area contributed by atoms with Crippen LogP contribution in [-0.4, -0.2) is 38.8 Å². The average molecular weight is 420 g/mol. The fraction of sp³-hybridized carbons (Fsp3) is 0.0588. The van der Waals surface area contributed by atoms with Gasteiger partial charge < -0.3 is 15.7 Å². The van der Waals surface area contributed by atoms with E-state index in [1.54, 1.807) is 0 Å². The van der Waals surface area contributed by atoms with Crippen LogP contribution in [0.5, 0.6) is 0 Å². The van der Waals surface area contributed by atoms with E-state index in [-0.39, 0.29) is 28.5 Å². The largest absolute Gasteiger partial charge is 0.356 e. The van der Waals surface area contributed by atoms with Crippen molar-refractivity contribution in [3.63, 3.8) is 0 Å². The monoisotopic (exact) mass is 420 g/mol. The van der Waals surface area contributed by atoms with E-state index in [2.05, 4.69) is 20.5 Å². The number of carbonyl (C=O) groups excluding carboxylic acids is 2. The van der Waals surface area contributed by atoms with E-state index in [0.29, 0.717) is 17.1 Å². The van der Waals surface area contributed by atoms with Gasteiger partial charge in [-0.15, -0.1) is 10.2 Å². The van der Waals surface area contributed by atoms with Crippen LogP contribution < -0.4 is 5.32 Å². The zero-order valence-electron chi connectivity index (χ0n) is 14.3. The molecule has 12 heteroatoms. The van der Waals surface area contributed by atoms with Crippen LogP contribution in [0.25, 0.3) is 0 Å². The Balaban J connectivity index is 1.70. The lowest BCUT2D eigenvalue weighted by atomic mass is 10.0. The third kappa shape index (κ3) is 4.27. The zero-order valence-corrected chi connectivity index (χ0v) is 15.2. The van der Waals surface area contributed by atoms with E-state index in [1.807, 2.05) is 0 Å². The Morgan fingerprint density at radius 2 is 1.86 bits per heavy atom. The summed E-state index contributed by atoms with van der Waals surface area (Å²) in [6.07, 6.45) is 1.92. The van der Waals surface area contributed by atoms with Gasteiger partial charge in [-0.3, -0.25) is 15.0 Å². The average Bonchev–Trinajstić information content (AvgIpc) is 3.34. The van der Waals surface area contributed by atoms with Crippen molar-refractivity contribution >= 4 is 35.0 Å². The lowest BCUT2D eigenvalue weighted by molar-refractivity contribution is 0.0946. The van der Waals surface area contributed by atoms with Crippen LogP contribution >= 0.6 is 11.3 Å². The number of nitrogens with one attached hydrogen (secondary N) is 4. The molecule has 0 spiro atoms. The summed E-state index contributed by atoms with van der Waals surface area (Å²) in [6, 6.07) is 1.90. The van der Waals surface area contributed by atoms with E-state index >= 15 is 0 Å². The van der Waals surface area contributed by atoms with Crippen LogP contribution in [0.1, 0.15) is 36.4 Å². The first-order valence-corrected chi connectivity index (χ1v) is 8.69. The predicted octanol–water partition coefficient (Wildman–Crippen LogP) is 2.46. The summed E-state index contributed by atoms with van der Waals surface area (Å²) in [5.74, 6) is -5.51. The molecule has 148 valence electrons. The number of amides is 1.